The number of Topliss-reactive ketones (excluding diaryl/α,β-unsaturated/α-hetero) is 1. The Morgan fingerprint density at radius 2 is 2.09 bits per heavy atom. The molecular formula is C8H14O3. The first-order valence-corrected chi connectivity index (χ1v) is 4.08. The third-order valence-corrected chi connectivity index (χ3v) is 1.65. The van der Waals surface area contributed by atoms with Crippen molar-refractivity contribution < 1.29 is 14.3 Å². The molecule has 1 fully saturated rings. The summed E-state index contributed by atoms with van der Waals surface area (Å²) in [6.07, 6.45) is 3.01. The highest BCUT2D eigenvalue weighted by molar-refractivity contribution is 5.81. The number of ether oxygens (including phenoxy) is 2. The molecule has 0 spiro atoms. The SMILES string of the molecule is CCCCC1OCC(=O)CO1. The summed E-state index contributed by atoms with van der Waals surface area (Å²) in [5.74, 6) is 0.0396. The van der Waals surface area contributed by atoms with Crippen molar-refractivity contribution in [1.82, 2.24) is 0 Å². The maximum atomic E-state index is 10.6. The Balaban J connectivity index is 2.12. The van der Waals surface area contributed by atoms with E-state index in [0.29, 0.717) is 0 Å². The predicted octanol–water partition coefficient (Wildman–Crippen LogP) is 1.12. The van der Waals surface area contributed by atoms with Crippen molar-refractivity contribution in [2.45, 2.75) is 32.5 Å². The van der Waals surface area contributed by atoms with Gasteiger partial charge in [0, 0.05) is 0 Å². The van der Waals surface area contributed by atoms with E-state index in [1.807, 2.05) is 0 Å². The first-order valence-electron chi connectivity index (χ1n) is 4.08. The van der Waals surface area contributed by atoms with E-state index >= 15 is 0 Å². The number of hydrogen-bond donors (Lipinski definition) is 0. The summed E-state index contributed by atoms with van der Waals surface area (Å²) in [5, 5.41) is 0. The van der Waals surface area contributed by atoms with E-state index in [1.165, 1.54) is 0 Å². The minimum absolute atomic E-state index is 0.0396. The predicted molar refractivity (Wildman–Crippen MR) is 40.2 cm³/mol. The van der Waals surface area contributed by atoms with Gasteiger partial charge < -0.3 is 9.47 Å². The molecule has 0 N–H and O–H groups in total. The highest BCUT2D eigenvalue weighted by Crippen LogP contribution is 2.09. The van der Waals surface area contributed by atoms with Crippen LogP contribution in [0, 0.1) is 0 Å². The molecular weight excluding hydrogens is 144 g/mol. The van der Waals surface area contributed by atoms with Crippen LogP contribution in [0.25, 0.3) is 0 Å². The number of ketones is 1. The van der Waals surface area contributed by atoms with Crippen molar-refractivity contribution in [1.29, 1.82) is 0 Å². The minimum Gasteiger partial charge on any atom is -0.345 e. The van der Waals surface area contributed by atoms with Crippen LogP contribution >= 0.6 is 0 Å². The van der Waals surface area contributed by atoms with E-state index in [1.54, 1.807) is 0 Å². The lowest BCUT2D eigenvalue weighted by Crippen LogP contribution is -2.31. The third kappa shape index (κ3) is 2.99. The van der Waals surface area contributed by atoms with Crippen LogP contribution in [0.1, 0.15) is 26.2 Å². The van der Waals surface area contributed by atoms with Crippen molar-refractivity contribution in [3.63, 3.8) is 0 Å². The summed E-state index contributed by atoms with van der Waals surface area (Å²) in [7, 11) is 0. The summed E-state index contributed by atoms with van der Waals surface area (Å²) in [4.78, 5) is 10.6. The lowest BCUT2D eigenvalue weighted by molar-refractivity contribution is -0.188. The Labute approximate surface area is 66.7 Å². The number of hydrogen-bond acceptors (Lipinski definition) is 3. The summed E-state index contributed by atoms with van der Waals surface area (Å²) < 4.78 is 10.2. The van der Waals surface area contributed by atoms with E-state index < -0.39 is 0 Å². The zero-order valence-electron chi connectivity index (χ0n) is 6.84. The molecule has 0 atom stereocenters. The fourth-order valence-corrected chi connectivity index (χ4v) is 0.999. The molecule has 0 amide bonds. The molecule has 1 rings (SSSR count). The molecule has 0 aromatic carbocycles. The van der Waals surface area contributed by atoms with E-state index in [9.17, 15) is 4.79 Å². The first kappa shape index (κ1) is 8.68. The van der Waals surface area contributed by atoms with Gasteiger partial charge in [0.25, 0.3) is 0 Å². The molecule has 1 heterocycles. The van der Waals surface area contributed by atoms with Crippen LogP contribution in [0.4, 0.5) is 0 Å². The van der Waals surface area contributed by atoms with Crippen molar-refractivity contribution in [2.24, 2.45) is 0 Å². The van der Waals surface area contributed by atoms with Gasteiger partial charge in [-0.25, -0.2) is 0 Å². The number of unbranched alkanes of at least 4 members (excludes halogenated alkanes) is 1. The second kappa shape index (κ2) is 4.46. The quantitative estimate of drug-likeness (QED) is 0.617. The lowest BCUT2D eigenvalue weighted by Gasteiger charge is -2.21. The molecule has 11 heavy (non-hydrogen) atoms. The van der Waals surface area contributed by atoms with Crippen LogP contribution in [0.2, 0.25) is 0 Å². The fraction of sp³-hybridized carbons (Fsp3) is 0.875. The van der Waals surface area contributed by atoms with Gasteiger partial charge in [0.1, 0.15) is 13.2 Å². The summed E-state index contributed by atoms with van der Waals surface area (Å²) in [5.41, 5.74) is 0. The minimum atomic E-state index is -0.132. The highest BCUT2D eigenvalue weighted by Gasteiger charge is 2.18. The van der Waals surface area contributed by atoms with E-state index in [2.05, 4.69) is 6.92 Å². The Morgan fingerprint density at radius 3 is 2.64 bits per heavy atom. The number of rotatable bonds is 3. The van der Waals surface area contributed by atoms with Gasteiger partial charge in [-0.3, -0.25) is 4.79 Å². The van der Waals surface area contributed by atoms with Crippen LogP contribution < -0.4 is 0 Å². The molecule has 1 saturated heterocycles. The zero-order chi connectivity index (χ0) is 8.10. The maximum Gasteiger partial charge on any atom is 0.184 e. The molecule has 0 radical (unpaired) electrons. The van der Waals surface area contributed by atoms with E-state index in [-0.39, 0.29) is 25.3 Å². The van der Waals surface area contributed by atoms with Crippen LogP contribution in [0.5, 0.6) is 0 Å². The number of carbonyl (C=O) groups is 1. The van der Waals surface area contributed by atoms with Crippen molar-refractivity contribution >= 4 is 5.78 Å². The Morgan fingerprint density at radius 1 is 1.45 bits per heavy atom. The van der Waals surface area contributed by atoms with Crippen LogP contribution in [0.15, 0.2) is 0 Å². The van der Waals surface area contributed by atoms with Gasteiger partial charge in [0.2, 0.25) is 0 Å². The van der Waals surface area contributed by atoms with Gasteiger partial charge in [-0.2, -0.15) is 0 Å². The Kier molecular flexibility index (Phi) is 3.52. The topological polar surface area (TPSA) is 35.5 Å². The van der Waals surface area contributed by atoms with Gasteiger partial charge in [-0.05, 0) is 12.8 Å². The summed E-state index contributed by atoms with van der Waals surface area (Å²) in [6.45, 7) is 2.58. The lowest BCUT2D eigenvalue weighted by atomic mass is 10.2. The largest absolute Gasteiger partial charge is 0.345 e. The van der Waals surface area contributed by atoms with Crippen LogP contribution in [-0.4, -0.2) is 25.3 Å². The molecule has 0 aromatic rings. The van der Waals surface area contributed by atoms with Gasteiger partial charge in [0.15, 0.2) is 12.1 Å². The van der Waals surface area contributed by atoms with E-state index in [0.717, 1.165) is 19.3 Å². The van der Waals surface area contributed by atoms with E-state index in [4.69, 9.17) is 9.47 Å². The molecule has 0 saturated carbocycles. The zero-order valence-corrected chi connectivity index (χ0v) is 6.84. The Bertz CT molecular complexity index is 123. The first-order chi connectivity index (χ1) is 5.33. The molecule has 1 aliphatic rings. The molecule has 0 bridgehead atoms. The van der Waals surface area contributed by atoms with Gasteiger partial charge in [-0.15, -0.1) is 0 Å². The fourth-order valence-electron chi connectivity index (χ4n) is 0.999. The second-order valence-electron chi connectivity index (χ2n) is 2.73. The maximum absolute atomic E-state index is 10.6. The van der Waals surface area contributed by atoms with Gasteiger partial charge in [-0.1, -0.05) is 13.3 Å². The van der Waals surface area contributed by atoms with Crippen LogP contribution in [0.3, 0.4) is 0 Å². The highest BCUT2D eigenvalue weighted by atomic mass is 16.7. The van der Waals surface area contributed by atoms with Crippen molar-refractivity contribution in [3.05, 3.63) is 0 Å². The Hall–Kier alpha value is -0.410. The normalized spacial score (nSPS) is 20.6. The molecule has 0 unspecified atom stereocenters. The van der Waals surface area contributed by atoms with Crippen molar-refractivity contribution in [2.75, 3.05) is 13.2 Å². The number of carbonyl (C=O) groups excluding carboxylic acids is 1. The van der Waals surface area contributed by atoms with Gasteiger partial charge >= 0.3 is 0 Å². The molecule has 3 heteroatoms. The molecule has 0 aliphatic carbocycles. The average molecular weight is 158 g/mol. The molecule has 3 nitrogen and oxygen atoms in total. The monoisotopic (exact) mass is 158 g/mol. The summed E-state index contributed by atoms with van der Waals surface area (Å²) >= 11 is 0. The summed E-state index contributed by atoms with van der Waals surface area (Å²) in [6, 6.07) is 0. The smallest absolute Gasteiger partial charge is 0.184 e. The van der Waals surface area contributed by atoms with Gasteiger partial charge in [0.05, 0.1) is 0 Å². The standard InChI is InChI=1S/C8H14O3/c1-2-3-4-8-10-5-7(9)6-11-8/h8H,2-6H2,1H3. The van der Waals surface area contributed by atoms with Crippen LogP contribution in [-0.2, 0) is 14.3 Å². The molecule has 1 aliphatic heterocycles. The second-order valence-corrected chi connectivity index (χ2v) is 2.73. The molecule has 64 valence electrons. The average Bonchev–Trinajstić information content (AvgIpc) is 2.04. The molecule has 0 aromatic heterocycles. The van der Waals surface area contributed by atoms with Crippen molar-refractivity contribution in [3.8, 4) is 0 Å². The third-order valence-electron chi connectivity index (χ3n) is 1.65.